The molecule has 0 rings (SSSR count). The molecule has 10 N–H and O–H groups in total. The summed E-state index contributed by atoms with van der Waals surface area (Å²) in [5.74, 6) is 0. The average Bonchev–Trinajstić information content (AvgIpc) is 1.27. The minimum atomic E-state index is -1.63. The third-order valence-corrected chi connectivity index (χ3v) is 0.422. The van der Waals surface area contributed by atoms with Crippen molar-refractivity contribution in [3.8, 4) is 0 Å². The number of hydrogen-bond donors (Lipinski definition) is 4. The van der Waals surface area contributed by atoms with Crippen LogP contribution in [0, 0.1) is 0 Å². The summed E-state index contributed by atoms with van der Waals surface area (Å²) in [6.07, 6.45) is -3.67. The normalized spacial score (nSPS) is 4.88. The summed E-state index contributed by atoms with van der Waals surface area (Å²) in [7, 11) is 0. The fraction of sp³-hybridized carbons (Fsp3) is 1.00. The van der Waals surface area contributed by atoms with Crippen LogP contribution in [0.1, 0.15) is 6.42 Å². The van der Waals surface area contributed by atoms with Gasteiger partial charge < -0.3 is 36.9 Å². The molecule has 0 spiro atoms. The van der Waals surface area contributed by atoms with Gasteiger partial charge in [0.05, 0.1) is 0 Å². The molecule has 16 heavy (non-hydrogen) atoms. The quantitative estimate of drug-likeness (QED) is 0.163. The summed E-state index contributed by atoms with van der Waals surface area (Å²) in [5.41, 5.74) is 0. The van der Waals surface area contributed by atoms with Crippen molar-refractivity contribution < 1.29 is 171 Å². The zero-order chi connectivity index (χ0) is 5.86. The van der Waals surface area contributed by atoms with Crippen LogP contribution in [0.4, 0.5) is 0 Å². The molecule has 0 bridgehead atoms. The van der Waals surface area contributed by atoms with E-state index in [2.05, 4.69) is 0 Å². The van der Waals surface area contributed by atoms with Crippen molar-refractivity contribution in [3.63, 3.8) is 0 Å². The van der Waals surface area contributed by atoms with Gasteiger partial charge in [-0.1, -0.05) is 0 Å². The predicted molar refractivity (Wildman–Crippen MR) is 31.9 cm³/mol. The summed E-state index contributed by atoms with van der Waals surface area (Å²) in [5, 5.41) is 31.8. The maximum absolute atomic E-state index is 7.96. The molecule has 0 unspecified atom stereocenters. The first-order valence-electron chi connectivity index (χ1n) is 1.85. The average molecular weight is 809 g/mol. The Balaban J connectivity index is -0.00000000500. The Morgan fingerprint density at radius 3 is 0.625 bits per heavy atom. The van der Waals surface area contributed by atoms with Crippen LogP contribution in [0.5, 0.6) is 0 Å². The summed E-state index contributed by atoms with van der Waals surface area (Å²) in [6, 6.07) is 0. The van der Waals surface area contributed by atoms with E-state index in [9.17, 15) is 0 Å². The van der Waals surface area contributed by atoms with Crippen molar-refractivity contribution in [1.29, 1.82) is 0 Å². The SMILES string of the molecule is O.O.O.OC(O)CC(O)O.[Ag].[Ag].[Ag].[Ag].[Ag].[Ag]. The van der Waals surface area contributed by atoms with Crippen LogP contribution in [0.2, 0.25) is 0 Å². The van der Waals surface area contributed by atoms with Gasteiger partial charge in [0.2, 0.25) is 0 Å². The smallest absolute Gasteiger partial charge is 0.156 e. The van der Waals surface area contributed by atoms with E-state index in [0.29, 0.717) is 0 Å². The molecule has 0 aromatic carbocycles. The Kier molecular flexibility index (Phi) is 227. The number of aliphatic hydroxyl groups is 4. The Morgan fingerprint density at radius 1 is 0.500 bits per heavy atom. The second-order valence-electron chi connectivity index (χ2n) is 1.20. The number of hydrogen-bond acceptors (Lipinski definition) is 4. The summed E-state index contributed by atoms with van der Waals surface area (Å²) < 4.78 is 0. The minimum Gasteiger partial charge on any atom is -0.412 e. The van der Waals surface area contributed by atoms with Crippen molar-refractivity contribution in [2.75, 3.05) is 0 Å². The van der Waals surface area contributed by atoms with Crippen LogP contribution in [-0.4, -0.2) is 49.4 Å². The van der Waals surface area contributed by atoms with Gasteiger partial charge >= 0.3 is 0 Å². The molecule has 13 heteroatoms. The molecule has 6 radical (unpaired) electrons. The van der Waals surface area contributed by atoms with Crippen LogP contribution in [0.15, 0.2) is 0 Å². The van der Waals surface area contributed by atoms with E-state index in [-0.39, 0.29) is 151 Å². The van der Waals surface area contributed by atoms with Gasteiger partial charge in [0.25, 0.3) is 0 Å². The first kappa shape index (κ1) is 71.7. The van der Waals surface area contributed by atoms with Crippen molar-refractivity contribution in [3.05, 3.63) is 0 Å². The molecule has 0 amide bonds. The van der Waals surface area contributed by atoms with Crippen LogP contribution >= 0.6 is 0 Å². The third-order valence-electron chi connectivity index (χ3n) is 0.422. The summed E-state index contributed by atoms with van der Waals surface area (Å²) in [4.78, 5) is 0. The fourth-order valence-corrected chi connectivity index (χ4v) is 0.189. The zero-order valence-corrected chi connectivity index (χ0v) is 15.9. The van der Waals surface area contributed by atoms with Crippen molar-refractivity contribution >= 4 is 0 Å². The molecule has 0 aromatic rings. The number of aliphatic hydroxyl groups excluding tert-OH is 2. The predicted octanol–water partition coefficient (Wildman–Crippen LogP) is -4.49. The number of rotatable bonds is 2. The molecule has 7 nitrogen and oxygen atoms in total. The van der Waals surface area contributed by atoms with Crippen molar-refractivity contribution in [2.45, 2.75) is 19.0 Å². The van der Waals surface area contributed by atoms with Gasteiger partial charge in [0, 0.05) is 141 Å². The van der Waals surface area contributed by atoms with Gasteiger partial charge in [-0.2, -0.15) is 0 Å². The molecule has 0 atom stereocenters. The molecule has 0 saturated heterocycles. The second kappa shape index (κ2) is 50.7. The zero-order valence-electron chi connectivity index (χ0n) is 6.96. The monoisotopic (exact) mass is 804 g/mol. The molecule has 0 aromatic heterocycles. The van der Waals surface area contributed by atoms with Crippen LogP contribution in [0.3, 0.4) is 0 Å². The van der Waals surface area contributed by atoms with E-state index in [1.54, 1.807) is 0 Å². The first-order valence-corrected chi connectivity index (χ1v) is 1.85. The van der Waals surface area contributed by atoms with E-state index in [1.807, 2.05) is 0 Å². The Labute approximate surface area is 187 Å². The molecule has 134 valence electrons. The van der Waals surface area contributed by atoms with E-state index in [1.165, 1.54) is 0 Å². The van der Waals surface area contributed by atoms with Crippen LogP contribution in [0.25, 0.3) is 0 Å². The molecule has 0 aliphatic rings. The van der Waals surface area contributed by atoms with Crippen molar-refractivity contribution in [1.82, 2.24) is 0 Å². The van der Waals surface area contributed by atoms with Crippen LogP contribution in [-0.2, 0) is 134 Å². The maximum Gasteiger partial charge on any atom is 0.156 e. The Hall–Kier alpha value is 4.16. The van der Waals surface area contributed by atoms with Gasteiger partial charge in [-0.3, -0.25) is 0 Å². The van der Waals surface area contributed by atoms with E-state index in [4.69, 9.17) is 20.4 Å². The molecular weight excluding hydrogens is 795 g/mol. The summed E-state index contributed by atoms with van der Waals surface area (Å²) >= 11 is 0. The van der Waals surface area contributed by atoms with Gasteiger partial charge in [-0.15, -0.1) is 0 Å². The van der Waals surface area contributed by atoms with Crippen molar-refractivity contribution in [2.24, 2.45) is 0 Å². The topological polar surface area (TPSA) is 175 Å². The molecule has 0 aliphatic heterocycles. The molecule has 0 saturated carbocycles. The standard InChI is InChI=1S/C3H8O4.6Ag.3H2O/c4-2(5)1-3(6)7;;;;;;;;;/h2-7H,1H2;;;;;;;3*1H2. The molecule has 0 heterocycles. The fourth-order valence-electron chi connectivity index (χ4n) is 0.189. The van der Waals surface area contributed by atoms with E-state index in [0.717, 1.165) is 0 Å². The van der Waals surface area contributed by atoms with Gasteiger partial charge in [0.15, 0.2) is 12.6 Å². The largest absolute Gasteiger partial charge is 0.412 e. The maximum atomic E-state index is 7.96. The molecule has 0 fully saturated rings. The van der Waals surface area contributed by atoms with E-state index >= 15 is 0 Å². The Bertz CT molecular complexity index is 53.4. The Morgan fingerprint density at radius 2 is 0.625 bits per heavy atom. The summed E-state index contributed by atoms with van der Waals surface area (Å²) in [6.45, 7) is 0. The van der Waals surface area contributed by atoms with Gasteiger partial charge in [-0.25, -0.2) is 0 Å². The van der Waals surface area contributed by atoms with Gasteiger partial charge in [0.1, 0.15) is 0 Å². The second-order valence-corrected chi connectivity index (χ2v) is 1.20. The van der Waals surface area contributed by atoms with Crippen LogP contribution < -0.4 is 0 Å². The molecule has 0 aliphatic carbocycles. The molecular formula is C3H14Ag6O7. The van der Waals surface area contributed by atoms with E-state index < -0.39 is 19.0 Å². The van der Waals surface area contributed by atoms with Gasteiger partial charge in [-0.05, 0) is 0 Å². The first-order chi connectivity index (χ1) is 3.13. The minimum absolute atomic E-state index is 0. The third kappa shape index (κ3) is 80.3.